The topological polar surface area (TPSA) is 107 Å². The van der Waals surface area contributed by atoms with Crippen molar-refractivity contribution in [3.8, 4) is 6.07 Å². The van der Waals surface area contributed by atoms with Crippen LogP contribution < -0.4 is 11.1 Å². The Hall–Kier alpha value is -1.63. The van der Waals surface area contributed by atoms with Gasteiger partial charge in [0.15, 0.2) is 5.76 Å². The third-order valence-electron chi connectivity index (χ3n) is 8.33. The van der Waals surface area contributed by atoms with Crippen molar-refractivity contribution in [1.82, 2.24) is 15.1 Å². The fourth-order valence-corrected chi connectivity index (χ4v) is 7.74. The summed E-state index contributed by atoms with van der Waals surface area (Å²) in [5, 5.41) is 12.9. The highest BCUT2D eigenvalue weighted by molar-refractivity contribution is 9.09. The van der Waals surface area contributed by atoms with Crippen LogP contribution in [0.4, 0.5) is 4.79 Å². The second kappa shape index (κ2) is 6.68. The number of ether oxygens (including phenoxy) is 1. The van der Waals surface area contributed by atoms with Crippen LogP contribution in [0.3, 0.4) is 0 Å². The zero-order valence-electron chi connectivity index (χ0n) is 16.8. The van der Waals surface area contributed by atoms with Gasteiger partial charge in [0, 0.05) is 49.4 Å². The molecule has 1 spiro atoms. The molecule has 2 amide bonds. The number of likely N-dealkylation sites (tertiary alicyclic amines) is 2. The summed E-state index contributed by atoms with van der Waals surface area (Å²) in [5.74, 6) is 0.739. The van der Waals surface area contributed by atoms with Gasteiger partial charge in [0.2, 0.25) is 0 Å². The number of hydrogen-bond acceptors (Lipinski definition) is 6. The maximum Gasteiger partial charge on any atom is 0.315 e. The van der Waals surface area contributed by atoms with E-state index >= 15 is 0 Å². The summed E-state index contributed by atoms with van der Waals surface area (Å²) < 4.78 is 5.76. The van der Waals surface area contributed by atoms with E-state index in [0.717, 1.165) is 32.4 Å². The van der Waals surface area contributed by atoms with Crippen LogP contribution >= 0.6 is 15.9 Å². The van der Waals surface area contributed by atoms with Crippen LogP contribution in [-0.4, -0.2) is 76.4 Å². The Morgan fingerprint density at radius 2 is 2.10 bits per heavy atom. The predicted molar refractivity (Wildman–Crippen MR) is 114 cm³/mol. The van der Waals surface area contributed by atoms with E-state index < -0.39 is 0 Å². The monoisotopic (exact) mass is 474 g/mol. The minimum absolute atomic E-state index is 0.0117. The Labute approximate surface area is 184 Å². The van der Waals surface area contributed by atoms with Crippen molar-refractivity contribution in [3.63, 3.8) is 0 Å². The molecule has 2 bridgehead atoms. The smallest absolute Gasteiger partial charge is 0.315 e. The third kappa shape index (κ3) is 2.63. The van der Waals surface area contributed by atoms with Gasteiger partial charge in [-0.2, -0.15) is 5.26 Å². The largest absolute Gasteiger partial charge is 0.479 e. The number of amides is 2. The molecule has 2 saturated carbocycles. The van der Waals surface area contributed by atoms with E-state index in [9.17, 15) is 4.79 Å². The summed E-state index contributed by atoms with van der Waals surface area (Å²) in [5.41, 5.74) is 5.40. The molecule has 4 aliphatic heterocycles. The first kappa shape index (κ1) is 19.1. The average molecular weight is 475 g/mol. The number of aliphatic imine (C=N–C) groups is 1. The number of halogens is 1. The molecule has 7 unspecified atom stereocenters. The van der Waals surface area contributed by atoms with Gasteiger partial charge in [-0.25, -0.2) is 4.79 Å². The summed E-state index contributed by atoms with van der Waals surface area (Å²) >= 11 is 3.89. The Balaban J connectivity index is 1.04. The van der Waals surface area contributed by atoms with Crippen LogP contribution in [0.1, 0.15) is 32.1 Å². The van der Waals surface area contributed by atoms with E-state index in [2.05, 4.69) is 32.2 Å². The van der Waals surface area contributed by atoms with Gasteiger partial charge in [-0.3, -0.25) is 15.2 Å². The van der Waals surface area contributed by atoms with Crippen molar-refractivity contribution >= 4 is 28.2 Å². The molecule has 7 atom stereocenters. The summed E-state index contributed by atoms with van der Waals surface area (Å²) in [6.07, 6.45) is 9.83. The van der Waals surface area contributed by atoms with Gasteiger partial charge in [0.25, 0.3) is 0 Å². The van der Waals surface area contributed by atoms with E-state index in [1.165, 1.54) is 12.8 Å². The lowest BCUT2D eigenvalue weighted by Crippen LogP contribution is -2.55. The first-order chi connectivity index (χ1) is 14.5. The zero-order valence-corrected chi connectivity index (χ0v) is 18.4. The second-order valence-corrected chi connectivity index (χ2v) is 10.7. The number of hydrogen-bond donors (Lipinski definition) is 2. The van der Waals surface area contributed by atoms with Gasteiger partial charge in [0.1, 0.15) is 18.3 Å². The lowest BCUT2D eigenvalue weighted by atomic mass is 9.88. The van der Waals surface area contributed by atoms with E-state index in [4.69, 9.17) is 20.7 Å². The number of piperazine rings is 1. The third-order valence-corrected chi connectivity index (χ3v) is 9.63. The molecule has 9 heteroatoms. The SMILES string of the molecule is N#CC1=CC23C(Br)C(NC4CCC(N5CC6CC5CN6C(N)=O)CC4)N=CC2C3O1. The molecular weight excluding hydrogens is 448 g/mol. The van der Waals surface area contributed by atoms with Crippen LogP contribution in [0, 0.1) is 22.7 Å². The molecule has 6 rings (SSSR count). The van der Waals surface area contributed by atoms with Crippen LogP contribution in [0.5, 0.6) is 0 Å². The van der Waals surface area contributed by atoms with Crippen LogP contribution in [0.25, 0.3) is 0 Å². The minimum atomic E-state index is -0.267. The van der Waals surface area contributed by atoms with Gasteiger partial charge < -0.3 is 15.4 Å². The molecule has 4 heterocycles. The molecule has 2 aliphatic carbocycles. The normalized spacial score (nSPS) is 48.5. The number of rotatable bonds is 3. The van der Waals surface area contributed by atoms with E-state index in [1.807, 2.05) is 17.2 Å². The molecular formula is C21H27BrN6O2. The summed E-state index contributed by atoms with van der Waals surface area (Å²) in [7, 11) is 0. The van der Waals surface area contributed by atoms with Gasteiger partial charge in [-0.1, -0.05) is 15.9 Å². The quantitative estimate of drug-likeness (QED) is 0.599. The molecule has 8 nitrogen and oxygen atoms in total. The molecule has 4 fully saturated rings. The highest BCUT2D eigenvalue weighted by Crippen LogP contribution is 2.66. The molecule has 0 aromatic heterocycles. The number of nitrogens with two attached hydrogens (primary N) is 1. The van der Waals surface area contributed by atoms with Gasteiger partial charge >= 0.3 is 6.03 Å². The number of carbonyl (C=O) groups is 1. The fourth-order valence-electron chi connectivity index (χ4n) is 6.75. The maximum absolute atomic E-state index is 11.5. The van der Waals surface area contributed by atoms with E-state index in [1.54, 1.807) is 0 Å². The molecule has 0 aromatic carbocycles. The lowest BCUT2D eigenvalue weighted by molar-refractivity contribution is 0.0812. The maximum atomic E-state index is 11.5. The van der Waals surface area contributed by atoms with Crippen molar-refractivity contribution in [2.24, 2.45) is 22.1 Å². The summed E-state index contributed by atoms with van der Waals surface area (Å²) in [6, 6.07) is 3.74. The highest BCUT2D eigenvalue weighted by atomic mass is 79.9. The lowest BCUT2D eigenvalue weighted by Gasteiger charge is -2.42. The summed E-state index contributed by atoms with van der Waals surface area (Å²) in [4.78, 5) is 20.9. The number of fused-ring (bicyclic) bond motifs is 3. The molecule has 30 heavy (non-hydrogen) atoms. The number of carbonyl (C=O) groups excluding carboxylic acids is 1. The first-order valence-electron chi connectivity index (χ1n) is 11.1. The number of alkyl halides is 1. The van der Waals surface area contributed by atoms with Crippen molar-refractivity contribution in [2.45, 2.75) is 73.4 Å². The zero-order chi connectivity index (χ0) is 20.6. The highest BCUT2D eigenvalue weighted by Gasteiger charge is 2.74. The van der Waals surface area contributed by atoms with Crippen molar-refractivity contribution < 1.29 is 9.53 Å². The Morgan fingerprint density at radius 1 is 1.30 bits per heavy atom. The van der Waals surface area contributed by atoms with Crippen molar-refractivity contribution in [1.29, 1.82) is 5.26 Å². The number of allylic oxidation sites excluding steroid dienone is 1. The Morgan fingerprint density at radius 3 is 2.77 bits per heavy atom. The molecule has 6 aliphatic rings. The number of nitriles is 1. The molecule has 160 valence electrons. The van der Waals surface area contributed by atoms with E-state index in [-0.39, 0.29) is 28.5 Å². The van der Waals surface area contributed by atoms with Crippen LogP contribution in [0.15, 0.2) is 16.8 Å². The number of primary amides is 1. The van der Waals surface area contributed by atoms with E-state index in [0.29, 0.717) is 35.8 Å². The fraction of sp³-hybridized carbons (Fsp3) is 0.762. The Kier molecular flexibility index (Phi) is 4.25. The standard InChI is InChI=1S/C21H27BrN6O2/c22-17-19(25-8-16-18-21(16,17)6-15(7-23)30-18)26-11-1-3-12(4-2-11)27-9-14-5-13(27)10-28(14)20(24)29/h6,8,11-14,16-19,26H,1-5,9-10H2,(H2,24,29). The van der Waals surface area contributed by atoms with Gasteiger partial charge in [0.05, 0.1) is 10.2 Å². The van der Waals surface area contributed by atoms with Gasteiger partial charge in [-0.15, -0.1) is 0 Å². The molecule has 2 saturated heterocycles. The average Bonchev–Trinajstić information content (AvgIpc) is 3.16. The number of nitrogens with zero attached hydrogens (tertiary/aromatic N) is 4. The minimum Gasteiger partial charge on any atom is -0.479 e. The van der Waals surface area contributed by atoms with Crippen LogP contribution in [-0.2, 0) is 4.74 Å². The Bertz CT molecular complexity index is 864. The summed E-state index contributed by atoms with van der Waals surface area (Å²) in [6.45, 7) is 1.77. The van der Waals surface area contributed by atoms with Crippen molar-refractivity contribution in [2.75, 3.05) is 13.1 Å². The number of urea groups is 1. The van der Waals surface area contributed by atoms with Gasteiger partial charge in [-0.05, 0) is 38.2 Å². The molecule has 0 radical (unpaired) electrons. The van der Waals surface area contributed by atoms with Crippen molar-refractivity contribution in [3.05, 3.63) is 11.8 Å². The predicted octanol–water partition coefficient (Wildman–Crippen LogP) is 1.32. The number of nitrogens with one attached hydrogen (secondary N) is 1. The molecule has 0 aromatic rings. The second-order valence-electron chi connectivity index (χ2n) is 9.73. The molecule has 3 N–H and O–H groups in total. The van der Waals surface area contributed by atoms with Crippen LogP contribution in [0.2, 0.25) is 0 Å². The first-order valence-corrected chi connectivity index (χ1v) is 12.0.